The number of anilines is 1. The van der Waals surface area contributed by atoms with Crippen LogP contribution < -0.4 is 10.1 Å². The number of likely N-dealkylation sites (tertiary alicyclic amines) is 1. The van der Waals surface area contributed by atoms with Gasteiger partial charge in [-0.2, -0.15) is 5.10 Å². The fraction of sp³-hybridized carbons (Fsp3) is 0.500. The minimum atomic E-state index is -0.456. The maximum atomic E-state index is 13.0. The molecule has 1 atom stereocenters. The van der Waals surface area contributed by atoms with Gasteiger partial charge >= 0.3 is 0 Å². The van der Waals surface area contributed by atoms with Crippen molar-refractivity contribution >= 4 is 17.5 Å². The third-order valence-corrected chi connectivity index (χ3v) is 5.95. The lowest BCUT2D eigenvalue weighted by molar-refractivity contribution is -0.136. The number of rotatable bonds is 5. The van der Waals surface area contributed by atoms with Crippen LogP contribution in [-0.4, -0.2) is 46.6 Å². The molecule has 154 valence electrons. The molecule has 1 fully saturated rings. The topological polar surface area (TPSA) is 87.3 Å². The van der Waals surface area contributed by atoms with E-state index in [2.05, 4.69) is 15.5 Å². The zero-order chi connectivity index (χ0) is 20.4. The first kappa shape index (κ1) is 19.5. The molecule has 0 radical (unpaired) electrons. The Morgan fingerprint density at radius 3 is 2.93 bits per heavy atom. The van der Waals surface area contributed by atoms with E-state index in [9.17, 15) is 9.59 Å². The highest BCUT2D eigenvalue weighted by atomic mass is 16.5. The van der Waals surface area contributed by atoms with Gasteiger partial charge in [0.25, 0.3) is 0 Å². The molecule has 0 spiro atoms. The molecule has 0 saturated carbocycles. The van der Waals surface area contributed by atoms with E-state index in [0.29, 0.717) is 24.4 Å². The van der Waals surface area contributed by atoms with Crippen LogP contribution in [0.5, 0.6) is 5.75 Å². The number of benzene rings is 1. The van der Waals surface area contributed by atoms with Crippen molar-refractivity contribution in [2.75, 3.05) is 19.0 Å². The highest BCUT2D eigenvalue weighted by molar-refractivity contribution is 5.98. The predicted octanol–water partition coefficient (Wildman–Crippen LogP) is 2.78. The molecule has 29 heavy (non-hydrogen) atoms. The van der Waals surface area contributed by atoms with Crippen molar-refractivity contribution < 1.29 is 14.3 Å². The number of H-pyrrole nitrogens is 1. The average Bonchev–Trinajstić information content (AvgIpc) is 3.36. The van der Waals surface area contributed by atoms with E-state index in [1.54, 1.807) is 12.0 Å². The number of aryl methyl sites for hydroxylation is 2. The summed E-state index contributed by atoms with van der Waals surface area (Å²) >= 11 is 0. The molecule has 1 aliphatic carbocycles. The first-order valence-electron chi connectivity index (χ1n) is 10.4. The Morgan fingerprint density at radius 1 is 1.28 bits per heavy atom. The Bertz CT molecular complexity index is 921. The van der Waals surface area contributed by atoms with Crippen LogP contribution in [-0.2, 0) is 28.9 Å². The van der Waals surface area contributed by atoms with E-state index in [4.69, 9.17) is 4.74 Å². The Hall–Kier alpha value is -2.83. The van der Waals surface area contributed by atoms with Gasteiger partial charge in [0.1, 0.15) is 11.8 Å². The summed E-state index contributed by atoms with van der Waals surface area (Å²) in [5, 5.41) is 10.4. The van der Waals surface area contributed by atoms with Crippen LogP contribution in [0.25, 0.3) is 0 Å². The highest BCUT2D eigenvalue weighted by Crippen LogP contribution is 2.28. The van der Waals surface area contributed by atoms with Crippen molar-refractivity contribution in [3.05, 3.63) is 40.7 Å². The van der Waals surface area contributed by atoms with Gasteiger partial charge in [0.05, 0.1) is 24.9 Å². The lowest BCUT2D eigenvalue weighted by Crippen LogP contribution is -2.44. The zero-order valence-electron chi connectivity index (χ0n) is 17.1. The van der Waals surface area contributed by atoms with Gasteiger partial charge in [0.2, 0.25) is 11.8 Å². The summed E-state index contributed by atoms with van der Waals surface area (Å²) in [6.45, 7) is 2.57. The van der Waals surface area contributed by atoms with Crippen LogP contribution in [0, 0.1) is 6.92 Å². The number of hydrogen-bond acceptors (Lipinski definition) is 4. The smallest absolute Gasteiger partial charge is 0.247 e. The summed E-state index contributed by atoms with van der Waals surface area (Å²) < 4.78 is 5.35. The molecular formula is C22H28N4O3. The summed E-state index contributed by atoms with van der Waals surface area (Å²) in [7, 11) is 1.58. The molecule has 1 unspecified atom stereocenters. The molecule has 7 nitrogen and oxygen atoms in total. The van der Waals surface area contributed by atoms with Crippen LogP contribution >= 0.6 is 0 Å². The van der Waals surface area contributed by atoms with Crippen LogP contribution in [0.2, 0.25) is 0 Å². The number of carbonyl (C=O) groups excluding carboxylic acids is 2. The second-order valence-electron chi connectivity index (χ2n) is 7.95. The second kappa shape index (κ2) is 8.27. The molecule has 1 aromatic heterocycles. The SMILES string of the molecule is COc1ccc(C)cc1NC(=O)C1CCCN1C(=O)Cc1n[nH]c2c1CCCC2. The Labute approximate surface area is 170 Å². The van der Waals surface area contributed by atoms with Gasteiger partial charge < -0.3 is 15.0 Å². The van der Waals surface area contributed by atoms with Crippen molar-refractivity contribution in [1.29, 1.82) is 0 Å². The minimum Gasteiger partial charge on any atom is -0.495 e. The van der Waals surface area contributed by atoms with Crippen molar-refractivity contribution in [2.24, 2.45) is 0 Å². The zero-order valence-corrected chi connectivity index (χ0v) is 17.1. The van der Waals surface area contributed by atoms with Gasteiger partial charge in [-0.05, 0) is 68.7 Å². The maximum Gasteiger partial charge on any atom is 0.247 e. The molecule has 2 N–H and O–H groups in total. The predicted molar refractivity (Wildman–Crippen MR) is 110 cm³/mol. The fourth-order valence-corrected chi connectivity index (χ4v) is 4.41. The van der Waals surface area contributed by atoms with Crippen molar-refractivity contribution in [1.82, 2.24) is 15.1 Å². The van der Waals surface area contributed by atoms with Gasteiger partial charge in [0, 0.05) is 12.2 Å². The molecule has 2 aromatic rings. The van der Waals surface area contributed by atoms with Crippen LogP contribution in [0.3, 0.4) is 0 Å². The fourth-order valence-electron chi connectivity index (χ4n) is 4.41. The van der Waals surface area contributed by atoms with E-state index in [1.807, 2.05) is 25.1 Å². The number of methoxy groups -OCH3 is 1. The molecule has 2 amide bonds. The Kier molecular flexibility index (Phi) is 5.56. The number of ether oxygens (including phenoxy) is 1. The molecule has 2 heterocycles. The monoisotopic (exact) mass is 396 g/mol. The summed E-state index contributed by atoms with van der Waals surface area (Å²) in [5.41, 5.74) is 4.88. The standard InChI is InChI=1S/C22H28N4O3/c1-14-9-10-20(29-2)18(12-14)23-22(28)19-8-5-11-26(19)21(27)13-17-15-6-3-4-7-16(15)24-25-17/h9-10,12,19H,3-8,11,13H2,1-2H3,(H,23,28)(H,24,25). The van der Waals surface area contributed by atoms with E-state index < -0.39 is 6.04 Å². The van der Waals surface area contributed by atoms with Crippen LogP contribution in [0.15, 0.2) is 18.2 Å². The number of nitrogens with zero attached hydrogens (tertiary/aromatic N) is 2. The van der Waals surface area contributed by atoms with Crippen molar-refractivity contribution in [2.45, 2.75) is 57.9 Å². The largest absolute Gasteiger partial charge is 0.495 e. The van der Waals surface area contributed by atoms with Gasteiger partial charge in [-0.25, -0.2) is 0 Å². The minimum absolute atomic E-state index is 0.0290. The Morgan fingerprint density at radius 2 is 2.10 bits per heavy atom. The van der Waals surface area contributed by atoms with Crippen LogP contribution in [0.4, 0.5) is 5.69 Å². The quantitative estimate of drug-likeness (QED) is 0.814. The molecule has 7 heteroatoms. The summed E-state index contributed by atoms with van der Waals surface area (Å²) in [4.78, 5) is 27.7. The average molecular weight is 396 g/mol. The van der Waals surface area contributed by atoms with Crippen molar-refractivity contribution in [3.63, 3.8) is 0 Å². The van der Waals surface area contributed by atoms with Crippen molar-refractivity contribution in [3.8, 4) is 5.75 Å². The number of carbonyl (C=O) groups is 2. The van der Waals surface area contributed by atoms with Gasteiger partial charge in [-0.15, -0.1) is 0 Å². The number of fused-ring (bicyclic) bond motifs is 1. The van der Waals surface area contributed by atoms with Gasteiger partial charge in [-0.1, -0.05) is 6.07 Å². The summed E-state index contributed by atoms with van der Waals surface area (Å²) in [6.07, 6.45) is 6.04. The normalized spacial score (nSPS) is 18.4. The third kappa shape index (κ3) is 3.99. The number of aromatic nitrogens is 2. The molecule has 4 rings (SSSR count). The molecule has 1 aromatic carbocycles. The first-order valence-corrected chi connectivity index (χ1v) is 10.4. The van der Waals surface area contributed by atoms with E-state index >= 15 is 0 Å². The first-order chi connectivity index (χ1) is 14.1. The Balaban J connectivity index is 1.46. The van der Waals surface area contributed by atoms with Gasteiger partial charge in [0.15, 0.2) is 0 Å². The summed E-state index contributed by atoms with van der Waals surface area (Å²) in [6, 6.07) is 5.20. The lowest BCUT2D eigenvalue weighted by Gasteiger charge is -2.24. The maximum absolute atomic E-state index is 13.0. The van der Waals surface area contributed by atoms with Crippen LogP contribution in [0.1, 0.15) is 48.2 Å². The number of nitrogens with one attached hydrogen (secondary N) is 2. The number of aromatic amines is 1. The second-order valence-corrected chi connectivity index (χ2v) is 7.95. The lowest BCUT2D eigenvalue weighted by atomic mass is 9.95. The molecule has 1 saturated heterocycles. The highest BCUT2D eigenvalue weighted by Gasteiger charge is 2.35. The van der Waals surface area contributed by atoms with E-state index in [0.717, 1.165) is 36.9 Å². The summed E-state index contributed by atoms with van der Waals surface area (Å²) in [5.74, 6) is 0.422. The molecular weight excluding hydrogens is 368 g/mol. The van der Waals surface area contributed by atoms with E-state index in [1.165, 1.54) is 17.7 Å². The number of hydrogen-bond donors (Lipinski definition) is 2. The molecule has 2 aliphatic rings. The molecule has 1 aliphatic heterocycles. The van der Waals surface area contributed by atoms with Gasteiger partial charge in [-0.3, -0.25) is 14.7 Å². The third-order valence-electron chi connectivity index (χ3n) is 5.95. The van der Waals surface area contributed by atoms with E-state index in [-0.39, 0.29) is 18.2 Å². The number of amides is 2. The molecule has 0 bridgehead atoms.